The minimum Gasteiger partial charge on any atom is -0.383 e. The summed E-state index contributed by atoms with van der Waals surface area (Å²) in [5.74, 6) is 0. The van der Waals surface area contributed by atoms with Gasteiger partial charge in [-0.15, -0.1) is 0 Å². The van der Waals surface area contributed by atoms with Gasteiger partial charge in [-0.3, -0.25) is 5.10 Å². The van der Waals surface area contributed by atoms with Crippen LogP contribution in [0.4, 0.5) is 0 Å². The highest BCUT2D eigenvalue weighted by atomic mass is 16.5. The van der Waals surface area contributed by atoms with Crippen molar-refractivity contribution in [2.45, 2.75) is 26.3 Å². The summed E-state index contributed by atoms with van der Waals surface area (Å²) in [4.78, 5) is 4.68. The van der Waals surface area contributed by atoms with E-state index in [2.05, 4.69) is 44.9 Å². The van der Waals surface area contributed by atoms with Crippen LogP contribution in [0.15, 0.2) is 42.7 Å². The average Bonchev–Trinajstić information content (AvgIpc) is 3.19. The van der Waals surface area contributed by atoms with E-state index >= 15 is 0 Å². The molecule has 23 heavy (non-hydrogen) atoms. The standard InChI is InChI=1S/C18H22N4O/c1-4-15(11-23-3)22-12-19-17(14-8-6-5-7-9-14)18(22)16-10-13(2)20-21-16/h5-10,12,15H,4,11H2,1-3H3,(H,20,21)/t15-/m0/s1. The lowest BCUT2D eigenvalue weighted by Crippen LogP contribution is -2.14. The van der Waals surface area contributed by atoms with Crippen LogP contribution < -0.4 is 0 Å². The molecule has 5 heteroatoms. The highest BCUT2D eigenvalue weighted by Gasteiger charge is 2.21. The van der Waals surface area contributed by atoms with Crippen LogP contribution in [-0.4, -0.2) is 33.5 Å². The van der Waals surface area contributed by atoms with Gasteiger partial charge in [0.15, 0.2) is 0 Å². The first kappa shape index (κ1) is 15.5. The molecule has 2 aromatic heterocycles. The number of ether oxygens (including phenoxy) is 1. The second kappa shape index (κ2) is 6.79. The van der Waals surface area contributed by atoms with E-state index in [1.54, 1.807) is 7.11 Å². The number of nitrogens with one attached hydrogen (secondary N) is 1. The third kappa shape index (κ3) is 3.05. The Labute approximate surface area is 136 Å². The summed E-state index contributed by atoms with van der Waals surface area (Å²) in [6.45, 7) is 4.81. The van der Waals surface area contributed by atoms with Crippen molar-refractivity contribution in [3.8, 4) is 22.6 Å². The normalized spacial score (nSPS) is 12.5. The van der Waals surface area contributed by atoms with Crippen molar-refractivity contribution in [3.05, 3.63) is 48.4 Å². The van der Waals surface area contributed by atoms with Gasteiger partial charge in [0.1, 0.15) is 5.69 Å². The first-order chi connectivity index (χ1) is 11.2. The van der Waals surface area contributed by atoms with Crippen molar-refractivity contribution in [1.82, 2.24) is 19.7 Å². The smallest absolute Gasteiger partial charge is 0.111 e. The average molecular weight is 310 g/mol. The predicted molar refractivity (Wildman–Crippen MR) is 91.2 cm³/mol. The molecule has 0 bridgehead atoms. The summed E-state index contributed by atoms with van der Waals surface area (Å²) in [6, 6.07) is 12.5. The van der Waals surface area contributed by atoms with Crippen molar-refractivity contribution >= 4 is 0 Å². The zero-order chi connectivity index (χ0) is 16.2. The van der Waals surface area contributed by atoms with Gasteiger partial charge in [0.2, 0.25) is 0 Å². The van der Waals surface area contributed by atoms with E-state index in [4.69, 9.17) is 4.74 Å². The fourth-order valence-corrected chi connectivity index (χ4v) is 2.83. The van der Waals surface area contributed by atoms with Crippen LogP contribution in [0.3, 0.4) is 0 Å². The second-order valence-corrected chi connectivity index (χ2v) is 5.67. The van der Waals surface area contributed by atoms with Gasteiger partial charge in [-0.25, -0.2) is 4.98 Å². The number of aryl methyl sites for hydroxylation is 1. The number of aromatic nitrogens is 4. The lowest BCUT2D eigenvalue weighted by atomic mass is 10.1. The Kier molecular flexibility index (Phi) is 4.57. The molecule has 0 fully saturated rings. The summed E-state index contributed by atoms with van der Waals surface area (Å²) in [5, 5.41) is 7.48. The minimum atomic E-state index is 0.233. The van der Waals surface area contributed by atoms with Crippen LogP contribution in [0.2, 0.25) is 0 Å². The van der Waals surface area contributed by atoms with Crippen molar-refractivity contribution in [2.75, 3.05) is 13.7 Å². The maximum atomic E-state index is 5.38. The summed E-state index contributed by atoms with van der Waals surface area (Å²) in [5.41, 5.74) is 5.02. The van der Waals surface area contributed by atoms with Gasteiger partial charge in [0, 0.05) is 18.4 Å². The molecule has 0 aliphatic heterocycles. The third-order valence-electron chi connectivity index (χ3n) is 4.01. The monoisotopic (exact) mass is 310 g/mol. The molecule has 3 rings (SSSR count). The Hall–Kier alpha value is -2.40. The number of methoxy groups -OCH3 is 1. The number of benzene rings is 1. The minimum absolute atomic E-state index is 0.233. The predicted octanol–water partition coefficient (Wildman–Crippen LogP) is 3.85. The quantitative estimate of drug-likeness (QED) is 0.752. The first-order valence-electron chi connectivity index (χ1n) is 7.88. The van der Waals surface area contributed by atoms with Gasteiger partial charge in [0.25, 0.3) is 0 Å². The van der Waals surface area contributed by atoms with Gasteiger partial charge in [-0.1, -0.05) is 37.3 Å². The van der Waals surface area contributed by atoms with Crippen LogP contribution in [0.25, 0.3) is 22.6 Å². The molecule has 3 aromatic rings. The fourth-order valence-electron chi connectivity index (χ4n) is 2.83. The maximum Gasteiger partial charge on any atom is 0.111 e. The topological polar surface area (TPSA) is 55.7 Å². The molecule has 0 aliphatic carbocycles. The number of hydrogen-bond donors (Lipinski definition) is 1. The Morgan fingerprint density at radius 3 is 2.65 bits per heavy atom. The first-order valence-corrected chi connectivity index (χ1v) is 7.88. The molecule has 2 heterocycles. The molecular formula is C18H22N4O. The molecule has 1 aromatic carbocycles. The van der Waals surface area contributed by atoms with Crippen LogP contribution in [0.5, 0.6) is 0 Å². The summed E-state index contributed by atoms with van der Waals surface area (Å²) < 4.78 is 7.57. The molecule has 1 N–H and O–H groups in total. The van der Waals surface area contributed by atoms with Gasteiger partial charge in [-0.2, -0.15) is 5.10 Å². The van der Waals surface area contributed by atoms with Crippen molar-refractivity contribution in [2.24, 2.45) is 0 Å². The van der Waals surface area contributed by atoms with Crippen LogP contribution in [0, 0.1) is 6.92 Å². The summed E-state index contributed by atoms with van der Waals surface area (Å²) in [6.07, 6.45) is 2.86. The molecule has 0 saturated heterocycles. The van der Waals surface area contributed by atoms with Crippen molar-refractivity contribution in [3.63, 3.8) is 0 Å². The lowest BCUT2D eigenvalue weighted by Gasteiger charge is -2.18. The zero-order valence-corrected chi connectivity index (χ0v) is 13.8. The largest absolute Gasteiger partial charge is 0.383 e. The molecule has 0 spiro atoms. The van der Waals surface area contributed by atoms with Crippen molar-refractivity contribution in [1.29, 1.82) is 0 Å². The van der Waals surface area contributed by atoms with Crippen LogP contribution in [0.1, 0.15) is 25.1 Å². The Balaban J connectivity index is 2.16. The number of aromatic amines is 1. The molecule has 0 aliphatic rings. The van der Waals surface area contributed by atoms with E-state index in [0.717, 1.165) is 34.8 Å². The van der Waals surface area contributed by atoms with Gasteiger partial charge in [-0.05, 0) is 19.4 Å². The Morgan fingerprint density at radius 1 is 1.26 bits per heavy atom. The Morgan fingerprint density at radius 2 is 2.04 bits per heavy atom. The highest BCUT2D eigenvalue weighted by Crippen LogP contribution is 2.33. The van der Waals surface area contributed by atoms with E-state index in [-0.39, 0.29) is 6.04 Å². The van der Waals surface area contributed by atoms with Gasteiger partial charge < -0.3 is 9.30 Å². The summed E-state index contributed by atoms with van der Waals surface area (Å²) in [7, 11) is 1.73. The highest BCUT2D eigenvalue weighted by molar-refractivity contribution is 5.77. The number of H-pyrrole nitrogens is 1. The molecule has 0 saturated carbocycles. The van der Waals surface area contributed by atoms with E-state index in [0.29, 0.717) is 6.61 Å². The molecule has 0 unspecified atom stereocenters. The third-order valence-corrected chi connectivity index (χ3v) is 4.01. The van der Waals surface area contributed by atoms with Gasteiger partial charge >= 0.3 is 0 Å². The van der Waals surface area contributed by atoms with E-state index in [1.807, 2.05) is 31.5 Å². The molecule has 120 valence electrons. The SMILES string of the molecule is CC[C@@H](COC)n1cnc(-c2ccccc2)c1-c1cc(C)[nH]n1. The van der Waals surface area contributed by atoms with Crippen LogP contribution >= 0.6 is 0 Å². The maximum absolute atomic E-state index is 5.38. The van der Waals surface area contributed by atoms with Gasteiger partial charge in [0.05, 0.1) is 30.4 Å². The fraction of sp³-hybridized carbons (Fsp3) is 0.333. The molecular weight excluding hydrogens is 288 g/mol. The van der Waals surface area contributed by atoms with E-state index < -0.39 is 0 Å². The Bertz CT molecular complexity index is 760. The number of nitrogens with zero attached hydrogens (tertiary/aromatic N) is 3. The summed E-state index contributed by atoms with van der Waals surface area (Å²) >= 11 is 0. The lowest BCUT2D eigenvalue weighted by molar-refractivity contribution is 0.153. The molecule has 0 radical (unpaired) electrons. The number of hydrogen-bond acceptors (Lipinski definition) is 3. The van der Waals surface area contributed by atoms with Crippen molar-refractivity contribution < 1.29 is 4.74 Å². The van der Waals surface area contributed by atoms with E-state index in [9.17, 15) is 0 Å². The molecule has 5 nitrogen and oxygen atoms in total. The molecule has 1 atom stereocenters. The number of rotatable bonds is 6. The van der Waals surface area contributed by atoms with E-state index in [1.165, 1.54) is 0 Å². The number of imidazole rings is 1. The zero-order valence-electron chi connectivity index (χ0n) is 13.8. The van der Waals surface area contributed by atoms with Crippen LogP contribution in [-0.2, 0) is 4.74 Å². The second-order valence-electron chi connectivity index (χ2n) is 5.67. The molecule has 0 amide bonds.